The Bertz CT molecular complexity index is 340. The fraction of sp³-hybridized carbons (Fsp3) is 0.917. The molecule has 0 aromatic rings. The molecule has 0 bridgehead atoms. The van der Waals surface area contributed by atoms with E-state index < -0.39 is 17.5 Å². The highest BCUT2D eigenvalue weighted by Crippen LogP contribution is 2.43. The van der Waals surface area contributed by atoms with Crippen LogP contribution in [0.2, 0.25) is 0 Å². The number of nitrogens with one attached hydrogen (secondary N) is 2. The molecule has 2 heterocycles. The zero-order valence-electron chi connectivity index (χ0n) is 10.8. The van der Waals surface area contributed by atoms with Crippen LogP contribution in [-0.4, -0.2) is 44.4 Å². The molecular formula is C12H19F3N2O2. The molecular weight excluding hydrogens is 261 g/mol. The van der Waals surface area contributed by atoms with E-state index in [0.29, 0.717) is 6.61 Å². The van der Waals surface area contributed by atoms with E-state index in [2.05, 4.69) is 10.6 Å². The van der Waals surface area contributed by atoms with Gasteiger partial charge in [-0.1, -0.05) is 0 Å². The summed E-state index contributed by atoms with van der Waals surface area (Å²) in [4.78, 5) is 12.0. The summed E-state index contributed by atoms with van der Waals surface area (Å²) in [5.41, 5.74) is -2.27. The van der Waals surface area contributed by atoms with Gasteiger partial charge in [-0.05, 0) is 26.3 Å². The van der Waals surface area contributed by atoms with Gasteiger partial charge in [0.2, 0.25) is 5.91 Å². The summed E-state index contributed by atoms with van der Waals surface area (Å²) in [6.07, 6.45) is -3.94. The van der Waals surface area contributed by atoms with Crippen molar-refractivity contribution in [3.63, 3.8) is 0 Å². The fourth-order valence-electron chi connectivity index (χ4n) is 2.69. The number of amides is 1. The highest BCUT2D eigenvalue weighted by Gasteiger charge is 2.61. The first-order valence-electron chi connectivity index (χ1n) is 6.54. The van der Waals surface area contributed by atoms with Gasteiger partial charge in [0.1, 0.15) is 0 Å². The number of ether oxygens (including phenoxy) is 1. The van der Waals surface area contributed by atoms with Gasteiger partial charge >= 0.3 is 6.18 Å². The average Bonchev–Trinajstić information content (AvgIpc) is 2.94. The van der Waals surface area contributed by atoms with Crippen molar-refractivity contribution in [3.05, 3.63) is 0 Å². The second-order valence-corrected chi connectivity index (χ2v) is 5.34. The largest absolute Gasteiger partial charge is 0.404 e. The molecule has 2 N–H and O–H groups in total. The van der Waals surface area contributed by atoms with Gasteiger partial charge in [0.05, 0.1) is 6.10 Å². The van der Waals surface area contributed by atoms with Crippen LogP contribution >= 0.6 is 0 Å². The van der Waals surface area contributed by atoms with Gasteiger partial charge in [-0.3, -0.25) is 4.79 Å². The van der Waals surface area contributed by atoms with Crippen LogP contribution in [-0.2, 0) is 9.53 Å². The van der Waals surface area contributed by atoms with E-state index in [-0.39, 0.29) is 38.1 Å². The first-order valence-corrected chi connectivity index (χ1v) is 6.54. The fourth-order valence-corrected chi connectivity index (χ4v) is 2.69. The number of hydrogen-bond acceptors (Lipinski definition) is 3. The zero-order chi connectivity index (χ0) is 14.1. The van der Waals surface area contributed by atoms with Crippen molar-refractivity contribution in [2.45, 2.75) is 32.0 Å². The molecule has 0 aromatic carbocycles. The van der Waals surface area contributed by atoms with Crippen molar-refractivity contribution < 1.29 is 22.7 Å². The minimum atomic E-state index is -4.52. The molecule has 2 saturated heterocycles. The number of hydrogen-bond donors (Lipinski definition) is 2. The summed E-state index contributed by atoms with van der Waals surface area (Å²) < 4.78 is 44.7. The molecule has 4 nitrogen and oxygen atoms in total. The van der Waals surface area contributed by atoms with E-state index in [1.165, 1.54) is 0 Å². The van der Waals surface area contributed by atoms with Crippen LogP contribution in [0.5, 0.6) is 0 Å². The predicted octanol–water partition coefficient (Wildman–Crippen LogP) is 1.07. The second kappa shape index (κ2) is 5.28. The van der Waals surface area contributed by atoms with Crippen molar-refractivity contribution in [1.29, 1.82) is 0 Å². The Morgan fingerprint density at radius 1 is 1.53 bits per heavy atom. The van der Waals surface area contributed by atoms with E-state index in [9.17, 15) is 18.0 Å². The smallest absolute Gasteiger partial charge is 0.378 e. The van der Waals surface area contributed by atoms with Gasteiger partial charge in [0, 0.05) is 25.6 Å². The van der Waals surface area contributed by atoms with E-state index in [1.54, 1.807) is 0 Å². The molecule has 3 unspecified atom stereocenters. The summed E-state index contributed by atoms with van der Waals surface area (Å²) >= 11 is 0. The van der Waals surface area contributed by atoms with Gasteiger partial charge in [0.15, 0.2) is 5.41 Å². The van der Waals surface area contributed by atoms with Crippen LogP contribution in [0.25, 0.3) is 0 Å². The first kappa shape index (κ1) is 14.6. The molecule has 19 heavy (non-hydrogen) atoms. The molecule has 0 radical (unpaired) electrons. The predicted molar refractivity (Wildman–Crippen MR) is 62.5 cm³/mol. The lowest BCUT2D eigenvalue weighted by atomic mass is 9.85. The van der Waals surface area contributed by atoms with Crippen LogP contribution in [0.4, 0.5) is 13.2 Å². The quantitative estimate of drug-likeness (QED) is 0.813. The van der Waals surface area contributed by atoms with Crippen molar-refractivity contribution in [3.8, 4) is 0 Å². The van der Waals surface area contributed by atoms with Gasteiger partial charge in [-0.2, -0.15) is 13.2 Å². The van der Waals surface area contributed by atoms with Crippen LogP contribution in [0, 0.1) is 11.3 Å². The van der Waals surface area contributed by atoms with Gasteiger partial charge in [-0.15, -0.1) is 0 Å². The first-order chi connectivity index (χ1) is 8.87. The van der Waals surface area contributed by atoms with Crippen molar-refractivity contribution in [2.24, 2.45) is 11.3 Å². The van der Waals surface area contributed by atoms with Crippen molar-refractivity contribution in [1.82, 2.24) is 10.6 Å². The highest BCUT2D eigenvalue weighted by molar-refractivity contribution is 5.84. The van der Waals surface area contributed by atoms with Crippen LogP contribution < -0.4 is 10.6 Å². The third kappa shape index (κ3) is 2.72. The molecule has 3 atom stereocenters. The molecule has 1 amide bonds. The summed E-state index contributed by atoms with van der Waals surface area (Å²) in [7, 11) is 0. The molecule has 0 aliphatic carbocycles. The number of halogens is 3. The van der Waals surface area contributed by atoms with E-state index in [1.807, 2.05) is 6.92 Å². The van der Waals surface area contributed by atoms with E-state index >= 15 is 0 Å². The van der Waals surface area contributed by atoms with E-state index in [4.69, 9.17) is 4.74 Å². The van der Waals surface area contributed by atoms with Crippen LogP contribution in [0.1, 0.15) is 19.8 Å². The Kier molecular flexibility index (Phi) is 4.06. The Morgan fingerprint density at radius 2 is 2.26 bits per heavy atom. The van der Waals surface area contributed by atoms with Gasteiger partial charge in [-0.25, -0.2) is 0 Å². The van der Waals surface area contributed by atoms with Crippen molar-refractivity contribution >= 4 is 5.91 Å². The number of carbonyl (C=O) groups is 1. The second-order valence-electron chi connectivity index (χ2n) is 5.34. The maximum Gasteiger partial charge on any atom is 0.404 e. The SMILES string of the molecule is CC1OCCC1CNC(=O)C1(C(F)(F)F)CCNC1. The summed E-state index contributed by atoms with van der Waals surface area (Å²) in [5.74, 6) is -0.812. The standard InChI is InChI=1S/C12H19F3N2O2/c1-8-9(2-5-19-8)6-17-10(18)11(12(13,14)15)3-4-16-7-11/h8-9,16H,2-7H2,1H3,(H,17,18). The molecule has 0 aromatic heterocycles. The normalized spacial score (nSPS) is 35.6. The maximum absolute atomic E-state index is 13.1. The molecule has 2 rings (SSSR count). The monoisotopic (exact) mass is 280 g/mol. The van der Waals surface area contributed by atoms with Crippen LogP contribution in [0.15, 0.2) is 0 Å². The van der Waals surface area contributed by atoms with Gasteiger partial charge < -0.3 is 15.4 Å². The lowest BCUT2D eigenvalue weighted by Gasteiger charge is -2.30. The summed E-state index contributed by atoms with van der Waals surface area (Å²) in [6, 6.07) is 0. The lowest BCUT2D eigenvalue weighted by Crippen LogP contribution is -2.53. The molecule has 7 heteroatoms. The number of rotatable bonds is 3. The average molecular weight is 280 g/mol. The Labute approximate surface area is 110 Å². The summed E-state index contributed by atoms with van der Waals surface area (Å²) in [6.45, 7) is 2.61. The summed E-state index contributed by atoms with van der Waals surface area (Å²) in [5, 5.41) is 5.10. The molecule has 0 saturated carbocycles. The topological polar surface area (TPSA) is 50.4 Å². The number of carbonyl (C=O) groups excluding carboxylic acids is 1. The van der Waals surface area contributed by atoms with Gasteiger partial charge in [0.25, 0.3) is 0 Å². The molecule has 110 valence electrons. The molecule has 2 aliphatic heterocycles. The Balaban J connectivity index is 1.97. The lowest BCUT2D eigenvalue weighted by molar-refractivity contribution is -0.216. The molecule has 2 aliphatic rings. The van der Waals surface area contributed by atoms with E-state index in [0.717, 1.165) is 6.42 Å². The van der Waals surface area contributed by atoms with Crippen molar-refractivity contribution in [2.75, 3.05) is 26.2 Å². The minimum absolute atomic E-state index is 0.0103. The number of alkyl halides is 3. The highest BCUT2D eigenvalue weighted by atomic mass is 19.4. The molecule has 2 fully saturated rings. The zero-order valence-corrected chi connectivity index (χ0v) is 10.8. The third-order valence-electron chi connectivity index (χ3n) is 4.19. The maximum atomic E-state index is 13.1. The third-order valence-corrected chi connectivity index (χ3v) is 4.19. The minimum Gasteiger partial charge on any atom is -0.378 e. The van der Waals surface area contributed by atoms with Crippen LogP contribution in [0.3, 0.4) is 0 Å². The molecule has 0 spiro atoms. The Hall–Kier alpha value is -0.820. The Morgan fingerprint density at radius 3 is 2.74 bits per heavy atom.